The van der Waals surface area contributed by atoms with E-state index in [4.69, 9.17) is 4.74 Å². The maximum Gasteiger partial charge on any atom is 0.322 e. The SMILES string of the molecule is O=C(Nc1ccc(Oc2ncccn2)cc1)N1CCC[C@@H]2CCC[C@@H]21. The molecule has 130 valence electrons. The number of rotatable bonds is 3. The quantitative estimate of drug-likeness (QED) is 0.916. The fraction of sp³-hybridized carbons (Fsp3) is 0.421. The number of ether oxygens (including phenoxy) is 1. The standard InChI is InChI=1S/C19H22N4O2/c24-19(23-13-2-5-14-4-1-6-17(14)23)22-15-7-9-16(10-8-15)25-18-20-11-3-12-21-18/h3,7-12,14,17H,1-2,4-6,13H2,(H,22,24)/t14-,17-/m0/s1. The number of carbonyl (C=O) groups excluding carboxylic acids is 1. The fourth-order valence-corrected chi connectivity index (χ4v) is 3.95. The van der Waals surface area contributed by atoms with E-state index in [1.54, 1.807) is 30.6 Å². The van der Waals surface area contributed by atoms with Crippen LogP contribution in [0.25, 0.3) is 0 Å². The molecule has 1 aromatic heterocycles. The molecule has 1 saturated carbocycles. The third kappa shape index (κ3) is 3.57. The number of hydrogen-bond acceptors (Lipinski definition) is 4. The van der Waals surface area contributed by atoms with Gasteiger partial charge in [0.05, 0.1) is 0 Å². The van der Waals surface area contributed by atoms with Gasteiger partial charge in [0.25, 0.3) is 0 Å². The number of piperidine rings is 1. The average Bonchev–Trinajstić information content (AvgIpc) is 3.13. The maximum atomic E-state index is 12.6. The molecule has 2 amide bonds. The molecule has 1 N–H and O–H groups in total. The van der Waals surface area contributed by atoms with Crippen molar-refractivity contribution in [1.29, 1.82) is 0 Å². The van der Waals surface area contributed by atoms with E-state index < -0.39 is 0 Å². The van der Waals surface area contributed by atoms with Crippen LogP contribution in [0.15, 0.2) is 42.7 Å². The van der Waals surface area contributed by atoms with Crippen LogP contribution in [0, 0.1) is 5.92 Å². The summed E-state index contributed by atoms with van der Waals surface area (Å²) in [7, 11) is 0. The Balaban J connectivity index is 1.38. The van der Waals surface area contributed by atoms with E-state index in [9.17, 15) is 4.79 Å². The molecular formula is C19H22N4O2. The molecule has 2 heterocycles. The van der Waals surface area contributed by atoms with E-state index in [0.717, 1.165) is 25.1 Å². The molecule has 2 atom stereocenters. The number of benzene rings is 1. The maximum absolute atomic E-state index is 12.6. The molecule has 1 aromatic carbocycles. The predicted octanol–water partition coefficient (Wildman–Crippen LogP) is 4.07. The molecule has 4 rings (SSSR count). The minimum atomic E-state index is 0.0108. The number of amides is 2. The van der Waals surface area contributed by atoms with Crippen molar-refractivity contribution in [3.63, 3.8) is 0 Å². The van der Waals surface area contributed by atoms with Crippen LogP contribution in [-0.2, 0) is 0 Å². The van der Waals surface area contributed by atoms with Gasteiger partial charge in [0.1, 0.15) is 5.75 Å². The van der Waals surface area contributed by atoms with Crippen LogP contribution >= 0.6 is 0 Å². The smallest absolute Gasteiger partial charge is 0.322 e. The number of nitrogens with one attached hydrogen (secondary N) is 1. The lowest BCUT2D eigenvalue weighted by Gasteiger charge is -2.37. The van der Waals surface area contributed by atoms with Gasteiger partial charge in [-0.25, -0.2) is 14.8 Å². The summed E-state index contributed by atoms with van der Waals surface area (Å²) in [6.45, 7) is 0.861. The van der Waals surface area contributed by atoms with Crippen LogP contribution in [0.1, 0.15) is 32.1 Å². The molecule has 1 aliphatic carbocycles. The molecule has 0 radical (unpaired) electrons. The van der Waals surface area contributed by atoms with Gasteiger partial charge in [0.15, 0.2) is 0 Å². The second-order valence-electron chi connectivity index (χ2n) is 6.68. The van der Waals surface area contributed by atoms with Gasteiger partial charge in [-0.15, -0.1) is 0 Å². The first-order valence-corrected chi connectivity index (χ1v) is 8.92. The van der Waals surface area contributed by atoms with Crippen molar-refractivity contribution in [3.8, 4) is 11.8 Å². The Morgan fingerprint density at radius 2 is 1.84 bits per heavy atom. The Kier molecular flexibility index (Phi) is 4.50. The largest absolute Gasteiger partial charge is 0.424 e. The summed E-state index contributed by atoms with van der Waals surface area (Å²) in [6.07, 6.45) is 9.29. The Hall–Kier alpha value is -2.63. The van der Waals surface area contributed by atoms with E-state index in [1.165, 1.54) is 19.3 Å². The zero-order chi connectivity index (χ0) is 17.1. The number of hydrogen-bond donors (Lipinski definition) is 1. The van der Waals surface area contributed by atoms with Gasteiger partial charge >= 0.3 is 12.0 Å². The molecule has 2 fully saturated rings. The highest BCUT2D eigenvalue weighted by atomic mass is 16.5. The zero-order valence-electron chi connectivity index (χ0n) is 14.1. The van der Waals surface area contributed by atoms with Gasteiger partial charge in [0.2, 0.25) is 0 Å². The molecule has 1 saturated heterocycles. The second-order valence-corrected chi connectivity index (χ2v) is 6.68. The second kappa shape index (κ2) is 7.09. The molecule has 0 unspecified atom stereocenters. The number of aromatic nitrogens is 2. The van der Waals surface area contributed by atoms with E-state index in [2.05, 4.69) is 15.3 Å². The molecule has 1 aliphatic heterocycles. The van der Waals surface area contributed by atoms with Crippen molar-refractivity contribution < 1.29 is 9.53 Å². The van der Waals surface area contributed by atoms with Crippen molar-refractivity contribution in [2.75, 3.05) is 11.9 Å². The Morgan fingerprint density at radius 3 is 2.64 bits per heavy atom. The topological polar surface area (TPSA) is 67.3 Å². The first-order valence-electron chi connectivity index (χ1n) is 8.92. The zero-order valence-corrected chi connectivity index (χ0v) is 14.1. The Labute approximate surface area is 147 Å². The Bertz CT molecular complexity index is 720. The third-order valence-corrected chi connectivity index (χ3v) is 5.11. The van der Waals surface area contributed by atoms with Crippen LogP contribution in [0.2, 0.25) is 0 Å². The summed E-state index contributed by atoms with van der Waals surface area (Å²) in [5, 5.41) is 3.02. The minimum Gasteiger partial charge on any atom is -0.424 e. The van der Waals surface area contributed by atoms with Crippen LogP contribution in [0.4, 0.5) is 10.5 Å². The number of carbonyl (C=O) groups is 1. The van der Waals surface area contributed by atoms with Crippen molar-refractivity contribution in [2.45, 2.75) is 38.1 Å². The van der Waals surface area contributed by atoms with Gasteiger partial charge < -0.3 is 15.0 Å². The lowest BCUT2D eigenvalue weighted by atomic mass is 9.92. The number of nitrogens with zero attached hydrogens (tertiary/aromatic N) is 3. The van der Waals surface area contributed by atoms with Crippen LogP contribution in [0.5, 0.6) is 11.8 Å². The van der Waals surface area contributed by atoms with Crippen LogP contribution in [0.3, 0.4) is 0 Å². The highest BCUT2D eigenvalue weighted by molar-refractivity contribution is 5.89. The number of anilines is 1. The average molecular weight is 338 g/mol. The highest BCUT2D eigenvalue weighted by Gasteiger charge is 2.37. The van der Waals surface area contributed by atoms with Gasteiger partial charge in [-0.3, -0.25) is 0 Å². The summed E-state index contributed by atoms with van der Waals surface area (Å²) in [5.41, 5.74) is 0.770. The van der Waals surface area contributed by atoms with Gasteiger partial charge in [-0.2, -0.15) is 0 Å². The van der Waals surface area contributed by atoms with Crippen molar-refractivity contribution in [3.05, 3.63) is 42.7 Å². The third-order valence-electron chi connectivity index (χ3n) is 5.11. The van der Waals surface area contributed by atoms with E-state index in [-0.39, 0.29) is 6.03 Å². The summed E-state index contributed by atoms with van der Waals surface area (Å²) in [6, 6.07) is 9.77. The van der Waals surface area contributed by atoms with E-state index in [1.807, 2.05) is 17.0 Å². The number of likely N-dealkylation sites (tertiary alicyclic amines) is 1. The van der Waals surface area contributed by atoms with Gasteiger partial charge in [-0.05, 0) is 61.9 Å². The van der Waals surface area contributed by atoms with Gasteiger partial charge in [0, 0.05) is 30.7 Å². The molecule has 2 aliphatic rings. The van der Waals surface area contributed by atoms with Crippen molar-refractivity contribution in [1.82, 2.24) is 14.9 Å². The lowest BCUT2D eigenvalue weighted by molar-refractivity contribution is 0.138. The van der Waals surface area contributed by atoms with Crippen molar-refractivity contribution >= 4 is 11.7 Å². The van der Waals surface area contributed by atoms with E-state index >= 15 is 0 Å². The first kappa shape index (κ1) is 15.9. The summed E-state index contributed by atoms with van der Waals surface area (Å²) in [4.78, 5) is 22.7. The van der Waals surface area contributed by atoms with Crippen LogP contribution < -0.4 is 10.1 Å². The molecule has 2 aromatic rings. The molecule has 25 heavy (non-hydrogen) atoms. The van der Waals surface area contributed by atoms with Crippen LogP contribution in [-0.4, -0.2) is 33.5 Å². The minimum absolute atomic E-state index is 0.0108. The summed E-state index contributed by atoms with van der Waals surface area (Å²) in [5.74, 6) is 1.33. The summed E-state index contributed by atoms with van der Waals surface area (Å²) >= 11 is 0. The Morgan fingerprint density at radius 1 is 1.08 bits per heavy atom. The molecular weight excluding hydrogens is 316 g/mol. The fourth-order valence-electron chi connectivity index (χ4n) is 3.95. The molecule has 0 spiro atoms. The van der Waals surface area contributed by atoms with Crippen molar-refractivity contribution in [2.24, 2.45) is 5.92 Å². The molecule has 6 heteroatoms. The molecule has 6 nitrogen and oxygen atoms in total. The molecule has 0 bridgehead atoms. The normalized spacial score (nSPS) is 22.3. The number of urea groups is 1. The first-order chi connectivity index (χ1) is 12.3. The van der Waals surface area contributed by atoms with E-state index in [0.29, 0.717) is 23.7 Å². The number of fused-ring (bicyclic) bond motifs is 1. The monoisotopic (exact) mass is 338 g/mol. The highest BCUT2D eigenvalue weighted by Crippen LogP contribution is 2.37. The van der Waals surface area contributed by atoms with Gasteiger partial charge in [-0.1, -0.05) is 6.42 Å². The predicted molar refractivity (Wildman–Crippen MR) is 94.6 cm³/mol. The summed E-state index contributed by atoms with van der Waals surface area (Å²) < 4.78 is 5.57. The lowest BCUT2D eigenvalue weighted by Crippen LogP contribution is -2.48.